The van der Waals surface area contributed by atoms with Gasteiger partial charge < -0.3 is 9.80 Å². The molecule has 1 aliphatic rings. The van der Waals surface area contributed by atoms with Crippen LogP contribution in [0.1, 0.15) is 18.7 Å². The summed E-state index contributed by atoms with van der Waals surface area (Å²) in [6.07, 6.45) is 0.0451. The minimum atomic E-state index is -0.0814. The quantitative estimate of drug-likeness (QED) is 0.873. The van der Waals surface area contributed by atoms with Crippen LogP contribution in [0.2, 0.25) is 0 Å². The SMILES string of the molecule is CC1NC(c2ccsc2)N(CCN(C)C)C1=O. The number of nitrogens with zero attached hydrogens (tertiary/aromatic N) is 2. The van der Waals surface area contributed by atoms with E-state index in [1.54, 1.807) is 11.3 Å². The molecule has 2 atom stereocenters. The maximum Gasteiger partial charge on any atom is 0.241 e. The number of likely N-dealkylation sites (N-methyl/N-ethyl adjacent to an activating group) is 1. The molecule has 1 saturated heterocycles. The van der Waals surface area contributed by atoms with Gasteiger partial charge in [-0.25, -0.2) is 0 Å². The average Bonchev–Trinajstić information content (AvgIpc) is 2.87. The second-order valence-electron chi connectivity index (χ2n) is 4.68. The van der Waals surface area contributed by atoms with Crippen LogP contribution in [0.5, 0.6) is 0 Å². The summed E-state index contributed by atoms with van der Waals surface area (Å²) in [5.41, 5.74) is 1.19. The number of thiophene rings is 1. The van der Waals surface area contributed by atoms with Gasteiger partial charge in [0.1, 0.15) is 6.17 Å². The van der Waals surface area contributed by atoms with Crippen molar-refractivity contribution in [3.63, 3.8) is 0 Å². The van der Waals surface area contributed by atoms with E-state index >= 15 is 0 Å². The Morgan fingerprint density at radius 1 is 1.53 bits per heavy atom. The van der Waals surface area contributed by atoms with Crippen LogP contribution in [-0.2, 0) is 4.79 Å². The lowest BCUT2D eigenvalue weighted by atomic mass is 10.2. The van der Waals surface area contributed by atoms with Crippen molar-refractivity contribution < 1.29 is 4.79 Å². The lowest BCUT2D eigenvalue weighted by Gasteiger charge is -2.25. The molecule has 2 unspecified atom stereocenters. The minimum absolute atomic E-state index is 0.0451. The van der Waals surface area contributed by atoms with Crippen molar-refractivity contribution >= 4 is 17.2 Å². The Kier molecular flexibility index (Phi) is 3.81. The monoisotopic (exact) mass is 253 g/mol. The van der Waals surface area contributed by atoms with E-state index in [2.05, 4.69) is 27.0 Å². The molecule has 0 spiro atoms. The van der Waals surface area contributed by atoms with Gasteiger partial charge in [-0.05, 0) is 43.4 Å². The van der Waals surface area contributed by atoms with Crippen LogP contribution in [0.4, 0.5) is 0 Å². The molecule has 2 heterocycles. The Labute approximate surface area is 106 Å². The first-order valence-corrected chi connectivity index (χ1v) is 6.77. The van der Waals surface area contributed by atoms with E-state index in [9.17, 15) is 4.79 Å². The van der Waals surface area contributed by atoms with Gasteiger partial charge in [-0.15, -0.1) is 0 Å². The van der Waals surface area contributed by atoms with Crippen LogP contribution in [0, 0.1) is 0 Å². The van der Waals surface area contributed by atoms with Gasteiger partial charge in [0.25, 0.3) is 0 Å². The largest absolute Gasteiger partial charge is 0.320 e. The summed E-state index contributed by atoms with van der Waals surface area (Å²) >= 11 is 1.67. The molecule has 0 saturated carbocycles. The Morgan fingerprint density at radius 3 is 2.88 bits per heavy atom. The fourth-order valence-electron chi connectivity index (χ4n) is 2.03. The van der Waals surface area contributed by atoms with E-state index in [1.807, 2.05) is 25.9 Å². The van der Waals surface area contributed by atoms with Gasteiger partial charge in [-0.3, -0.25) is 10.1 Å². The van der Waals surface area contributed by atoms with Crippen LogP contribution in [0.25, 0.3) is 0 Å². The number of carbonyl (C=O) groups is 1. The highest BCUT2D eigenvalue weighted by molar-refractivity contribution is 7.07. The first-order valence-electron chi connectivity index (χ1n) is 5.83. The zero-order chi connectivity index (χ0) is 12.4. The van der Waals surface area contributed by atoms with Gasteiger partial charge in [-0.2, -0.15) is 11.3 Å². The molecule has 1 N–H and O–H groups in total. The molecule has 1 aromatic rings. The molecule has 1 amide bonds. The van der Waals surface area contributed by atoms with E-state index in [1.165, 1.54) is 5.56 Å². The average molecular weight is 253 g/mol. The molecule has 2 rings (SSSR count). The molecule has 1 fully saturated rings. The van der Waals surface area contributed by atoms with Crippen molar-refractivity contribution in [3.05, 3.63) is 22.4 Å². The zero-order valence-electron chi connectivity index (χ0n) is 10.5. The van der Waals surface area contributed by atoms with Gasteiger partial charge in [0.2, 0.25) is 5.91 Å². The van der Waals surface area contributed by atoms with Crippen molar-refractivity contribution in [1.82, 2.24) is 15.1 Å². The van der Waals surface area contributed by atoms with Gasteiger partial charge in [0.05, 0.1) is 6.04 Å². The third-order valence-corrected chi connectivity index (χ3v) is 3.72. The molecule has 0 aromatic carbocycles. The van der Waals surface area contributed by atoms with Crippen molar-refractivity contribution in [2.75, 3.05) is 27.2 Å². The second kappa shape index (κ2) is 5.16. The van der Waals surface area contributed by atoms with Crippen LogP contribution < -0.4 is 5.32 Å². The standard InChI is InChI=1S/C12H19N3OS/c1-9-12(16)15(6-5-14(2)3)11(13-9)10-4-7-17-8-10/h4,7-9,11,13H,5-6H2,1-3H3. The zero-order valence-corrected chi connectivity index (χ0v) is 11.3. The smallest absolute Gasteiger partial charge is 0.241 e. The van der Waals surface area contributed by atoms with Crippen LogP contribution >= 0.6 is 11.3 Å². The summed E-state index contributed by atoms with van der Waals surface area (Å²) in [6, 6.07) is 2.00. The summed E-state index contributed by atoms with van der Waals surface area (Å²) in [5, 5.41) is 7.50. The third kappa shape index (κ3) is 2.68. The van der Waals surface area contributed by atoms with Gasteiger partial charge in [-0.1, -0.05) is 0 Å². The number of rotatable bonds is 4. The molecule has 4 nitrogen and oxygen atoms in total. The summed E-state index contributed by atoms with van der Waals surface area (Å²) in [4.78, 5) is 16.1. The predicted molar refractivity (Wildman–Crippen MR) is 69.9 cm³/mol. The minimum Gasteiger partial charge on any atom is -0.320 e. The van der Waals surface area contributed by atoms with E-state index in [0.717, 1.165) is 13.1 Å². The Morgan fingerprint density at radius 2 is 2.29 bits per heavy atom. The summed E-state index contributed by atoms with van der Waals surface area (Å²) in [7, 11) is 4.05. The maximum atomic E-state index is 12.1. The Bertz CT molecular complexity index is 377. The maximum absolute atomic E-state index is 12.1. The Balaban J connectivity index is 2.11. The molecule has 5 heteroatoms. The first kappa shape index (κ1) is 12.5. The van der Waals surface area contributed by atoms with E-state index in [4.69, 9.17) is 0 Å². The number of hydrogen-bond acceptors (Lipinski definition) is 4. The van der Waals surface area contributed by atoms with Crippen molar-refractivity contribution in [3.8, 4) is 0 Å². The third-order valence-electron chi connectivity index (χ3n) is 3.02. The molecule has 1 aliphatic heterocycles. The predicted octanol–water partition coefficient (Wildman–Crippen LogP) is 1.13. The van der Waals surface area contributed by atoms with Crippen molar-refractivity contribution in [2.24, 2.45) is 0 Å². The highest BCUT2D eigenvalue weighted by Gasteiger charge is 2.36. The summed E-state index contributed by atoms with van der Waals surface area (Å²) in [5.74, 6) is 0.197. The number of carbonyl (C=O) groups excluding carboxylic acids is 1. The fourth-order valence-corrected chi connectivity index (χ4v) is 2.71. The molecule has 0 aliphatic carbocycles. The molecule has 94 valence electrons. The highest BCUT2D eigenvalue weighted by atomic mass is 32.1. The van der Waals surface area contributed by atoms with Crippen LogP contribution in [0.15, 0.2) is 16.8 Å². The normalized spacial score (nSPS) is 24.9. The number of hydrogen-bond donors (Lipinski definition) is 1. The number of amides is 1. The summed E-state index contributed by atoms with van der Waals surface area (Å²) in [6.45, 7) is 3.59. The van der Waals surface area contributed by atoms with Gasteiger partial charge >= 0.3 is 0 Å². The summed E-state index contributed by atoms with van der Waals surface area (Å²) < 4.78 is 0. The van der Waals surface area contributed by atoms with E-state index in [-0.39, 0.29) is 18.1 Å². The fraction of sp³-hybridized carbons (Fsp3) is 0.583. The first-order chi connectivity index (χ1) is 8.09. The number of nitrogens with one attached hydrogen (secondary N) is 1. The molecular weight excluding hydrogens is 234 g/mol. The van der Waals surface area contributed by atoms with Crippen molar-refractivity contribution in [2.45, 2.75) is 19.1 Å². The molecule has 17 heavy (non-hydrogen) atoms. The van der Waals surface area contributed by atoms with E-state index in [0.29, 0.717) is 0 Å². The topological polar surface area (TPSA) is 35.6 Å². The van der Waals surface area contributed by atoms with Crippen LogP contribution in [0.3, 0.4) is 0 Å². The van der Waals surface area contributed by atoms with Gasteiger partial charge in [0, 0.05) is 13.1 Å². The second-order valence-corrected chi connectivity index (χ2v) is 5.46. The molecular formula is C12H19N3OS. The van der Waals surface area contributed by atoms with Crippen molar-refractivity contribution in [1.29, 1.82) is 0 Å². The molecule has 0 bridgehead atoms. The molecule has 1 aromatic heterocycles. The van der Waals surface area contributed by atoms with E-state index < -0.39 is 0 Å². The van der Waals surface area contributed by atoms with Crippen LogP contribution in [-0.4, -0.2) is 48.9 Å². The highest BCUT2D eigenvalue weighted by Crippen LogP contribution is 2.26. The Hall–Kier alpha value is -0.910. The van der Waals surface area contributed by atoms with Gasteiger partial charge in [0.15, 0.2) is 0 Å². The lowest BCUT2D eigenvalue weighted by molar-refractivity contribution is -0.130. The molecule has 0 radical (unpaired) electrons. The lowest BCUT2D eigenvalue weighted by Crippen LogP contribution is -2.36.